The first-order valence-electron chi connectivity index (χ1n) is 6.20. The van der Waals surface area contributed by atoms with Gasteiger partial charge in [0.2, 0.25) is 0 Å². The summed E-state index contributed by atoms with van der Waals surface area (Å²) in [5.74, 6) is 0.964. The van der Waals surface area contributed by atoms with Gasteiger partial charge in [0, 0.05) is 19.7 Å². The van der Waals surface area contributed by atoms with E-state index in [9.17, 15) is 0 Å². The van der Waals surface area contributed by atoms with Crippen LogP contribution in [-0.4, -0.2) is 26.3 Å². The third kappa shape index (κ3) is 2.73. The van der Waals surface area contributed by atoms with Crippen LogP contribution in [0.25, 0.3) is 0 Å². The highest BCUT2D eigenvalue weighted by Crippen LogP contribution is 2.18. The Bertz CT molecular complexity index is 506. The molecule has 0 aliphatic rings. The molecule has 2 rings (SSSR count). The van der Waals surface area contributed by atoms with Crippen molar-refractivity contribution in [3.63, 3.8) is 0 Å². The number of aromatic nitrogens is 4. The second-order valence-electron chi connectivity index (χ2n) is 4.32. The standard InChI is InChI=1S/C13H19N5/c1-4-14-11(8-12-16-9-17-18(12)3)13-10(2)6-5-7-15-13/h5-7,9,11,14H,4,8H2,1-3H3. The molecule has 5 nitrogen and oxygen atoms in total. The third-order valence-electron chi connectivity index (χ3n) is 3.02. The van der Waals surface area contributed by atoms with Crippen LogP contribution in [0.4, 0.5) is 0 Å². The van der Waals surface area contributed by atoms with Crippen molar-refractivity contribution in [3.05, 3.63) is 41.7 Å². The van der Waals surface area contributed by atoms with Crippen molar-refractivity contribution < 1.29 is 0 Å². The second-order valence-corrected chi connectivity index (χ2v) is 4.32. The molecule has 5 heteroatoms. The first-order valence-corrected chi connectivity index (χ1v) is 6.20. The zero-order chi connectivity index (χ0) is 13.0. The third-order valence-corrected chi connectivity index (χ3v) is 3.02. The Hall–Kier alpha value is -1.75. The number of likely N-dealkylation sites (N-methyl/N-ethyl adjacent to an activating group) is 1. The van der Waals surface area contributed by atoms with Crippen LogP contribution in [0.15, 0.2) is 24.7 Å². The van der Waals surface area contributed by atoms with E-state index >= 15 is 0 Å². The van der Waals surface area contributed by atoms with E-state index in [0.29, 0.717) is 0 Å². The van der Waals surface area contributed by atoms with Gasteiger partial charge in [-0.25, -0.2) is 4.98 Å². The summed E-state index contributed by atoms with van der Waals surface area (Å²) in [6.45, 7) is 5.09. The summed E-state index contributed by atoms with van der Waals surface area (Å²) in [6, 6.07) is 4.23. The Morgan fingerprint density at radius 2 is 2.22 bits per heavy atom. The molecule has 18 heavy (non-hydrogen) atoms. The molecule has 0 aromatic carbocycles. The van der Waals surface area contributed by atoms with Gasteiger partial charge >= 0.3 is 0 Å². The number of rotatable bonds is 5. The molecule has 0 spiro atoms. The zero-order valence-electron chi connectivity index (χ0n) is 11.1. The molecule has 96 valence electrons. The molecule has 0 saturated heterocycles. The van der Waals surface area contributed by atoms with Gasteiger partial charge in [0.05, 0.1) is 11.7 Å². The van der Waals surface area contributed by atoms with Crippen LogP contribution in [-0.2, 0) is 13.5 Å². The van der Waals surface area contributed by atoms with E-state index in [0.717, 1.165) is 24.5 Å². The average Bonchev–Trinajstić information content (AvgIpc) is 2.75. The lowest BCUT2D eigenvalue weighted by molar-refractivity contribution is 0.509. The van der Waals surface area contributed by atoms with Gasteiger partial charge in [-0.2, -0.15) is 5.10 Å². The van der Waals surface area contributed by atoms with Crippen LogP contribution in [0, 0.1) is 6.92 Å². The fourth-order valence-electron chi connectivity index (χ4n) is 2.06. The molecule has 0 aliphatic heterocycles. The summed E-state index contributed by atoms with van der Waals surface area (Å²) in [7, 11) is 1.91. The van der Waals surface area contributed by atoms with Crippen molar-refractivity contribution in [3.8, 4) is 0 Å². The van der Waals surface area contributed by atoms with Gasteiger partial charge < -0.3 is 5.32 Å². The molecule has 0 bridgehead atoms. The monoisotopic (exact) mass is 245 g/mol. The van der Waals surface area contributed by atoms with Gasteiger partial charge in [0.25, 0.3) is 0 Å². The average molecular weight is 245 g/mol. The molecular formula is C13H19N5. The minimum atomic E-state index is 0.180. The predicted octanol–water partition coefficient (Wildman–Crippen LogP) is 1.41. The van der Waals surface area contributed by atoms with Gasteiger partial charge in [-0.05, 0) is 25.1 Å². The van der Waals surface area contributed by atoms with Gasteiger partial charge in [0.1, 0.15) is 12.2 Å². The van der Waals surface area contributed by atoms with Gasteiger partial charge in [-0.1, -0.05) is 13.0 Å². The van der Waals surface area contributed by atoms with Crippen LogP contribution in [0.1, 0.15) is 30.0 Å². The first-order chi connectivity index (χ1) is 8.72. The number of aryl methyl sites for hydroxylation is 2. The van der Waals surface area contributed by atoms with E-state index in [-0.39, 0.29) is 6.04 Å². The van der Waals surface area contributed by atoms with Crippen molar-refractivity contribution in [2.45, 2.75) is 26.3 Å². The van der Waals surface area contributed by atoms with Gasteiger partial charge in [0.15, 0.2) is 0 Å². The van der Waals surface area contributed by atoms with E-state index in [1.807, 2.05) is 24.0 Å². The Kier molecular flexibility index (Phi) is 4.04. The Labute approximate surface area is 107 Å². The van der Waals surface area contributed by atoms with Crippen LogP contribution in [0.5, 0.6) is 0 Å². The molecule has 2 heterocycles. The molecule has 1 unspecified atom stereocenters. The first kappa shape index (κ1) is 12.7. The number of pyridine rings is 1. The minimum absolute atomic E-state index is 0.180. The lowest BCUT2D eigenvalue weighted by Gasteiger charge is -2.18. The molecule has 0 saturated carbocycles. The van der Waals surface area contributed by atoms with Crippen molar-refractivity contribution in [1.29, 1.82) is 0 Å². The van der Waals surface area contributed by atoms with E-state index in [1.165, 1.54) is 5.56 Å². The molecule has 2 aromatic rings. The zero-order valence-corrected chi connectivity index (χ0v) is 11.1. The van der Waals surface area contributed by atoms with Crippen molar-refractivity contribution in [2.24, 2.45) is 7.05 Å². The maximum absolute atomic E-state index is 4.49. The summed E-state index contributed by atoms with van der Waals surface area (Å²) >= 11 is 0. The molecule has 2 aromatic heterocycles. The molecule has 1 atom stereocenters. The molecule has 0 fully saturated rings. The SMILES string of the molecule is CCNC(Cc1ncnn1C)c1ncccc1C. The number of hydrogen-bond donors (Lipinski definition) is 1. The number of nitrogens with zero attached hydrogens (tertiary/aromatic N) is 4. The number of hydrogen-bond acceptors (Lipinski definition) is 4. The Morgan fingerprint density at radius 1 is 1.39 bits per heavy atom. The normalized spacial score (nSPS) is 12.6. The largest absolute Gasteiger partial charge is 0.309 e. The number of nitrogens with one attached hydrogen (secondary N) is 1. The maximum Gasteiger partial charge on any atom is 0.138 e. The lowest BCUT2D eigenvalue weighted by atomic mass is 10.0. The fraction of sp³-hybridized carbons (Fsp3) is 0.462. The fourth-order valence-corrected chi connectivity index (χ4v) is 2.06. The Balaban J connectivity index is 2.24. The summed E-state index contributed by atoms with van der Waals surface area (Å²) in [5, 5.41) is 7.56. The van der Waals surface area contributed by atoms with Crippen LogP contribution in [0.2, 0.25) is 0 Å². The van der Waals surface area contributed by atoms with Crippen molar-refractivity contribution in [1.82, 2.24) is 25.1 Å². The van der Waals surface area contributed by atoms with E-state index < -0.39 is 0 Å². The lowest BCUT2D eigenvalue weighted by Crippen LogP contribution is -2.25. The summed E-state index contributed by atoms with van der Waals surface area (Å²) in [4.78, 5) is 8.76. The quantitative estimate of drug-likeness (QED) is 0.865. The summed E-state index contributed by atoms with van der Waals surface area (Å²) < 4.78 is 1.81. The molecule has 0 aliphatic carbocycles. The summed E-state index contributed by atoms with van der Waals surface area (Å²) in [6.07, 6.45) is 4.22. The highest BCUT2D eigenvalue weighted by atomic mass is 15.3. The Morgan fingerprint density at radius 3 is 2.83 bits per heavy atom. The predicted molar refractivity (Wildman–Crippen MR) is 70.1 cm³/mol. The minimum Gasteiger partial charge on any atom is -0.309 e. The maximum atomic E-state index is 4.49. The van der Waals surface area contributed by atoms with E-state index in [2.05, 4.69) is 40.3 Å². The highest BCUT2D eigenvalue weighted by molar-refractivity contribution is 5.22. The van der Waals surface area contributed by atoms with Crippen LogP contribution < -0.4 is 5.32 Å². The molecule has 1 N–H and O–H groups in total. The molecular weight excluding hydrogens is 226 g/mol. The van der Waals surface area contributed by atoms with Crippen LogP contribution in [0.3, 0.4) is 0 Å². The molecule has 0 amide bonds. The second kappa shape index (κ2) is 5.73. The summed E-state index contributed by atoms with van der Waals surface area (Å²) in [5.41, 5.74) is 2.29. The van der Waals surface area contributed by atoms with E-state index in [1.54, 1.807) is 6.33 Å². The smallest absolute Gasteiger partial charge is 0.138 e. The highest BCUT2D eigenvalue weighted by Gasteiger charge is 2.16. The van der Waals surface area contributed by atoms with Crippen molar-refractivity contribution in [2.75, 3.05) is 6.54 Å². The topological polar surface area (TPSA) is 55.6 Å². The van der Waals surface area contributed by atoms with Crippen molar-refractivity contribution >= 4 is 0 Å². The van der Waals surface area contributed by atoms with E-state index in [4.69, 9.17) is 0 Å². The molecule has 0 radical (unpaired) electrons. The van der Waals surface area contributed by atoms with Gasteiger partial charge in [-0.3, -0.25) is 9.67 Å². The van der Waals surface area contributed by atoms with Crippen LogP contribution >= 0.6 is 0 Å². The van der Waals surface area contributed by atoms with Gasteiger partial charge in [-0.15, -0.1) is 0 Å².